The number of nitrogens with one attached hydrogen (secondary N) is 1. The zero-order valence-corrected chi connectivity index (χ0v) is 12.5. The molecule has 9 heteroatoms. The molecule has 0 bridgehead atoms. The Labute approximate surface area is 125 Å². The van der Waals surface area contributed by atoms with E-state index in [1.165, 1.54) is 0 Å². The number of hydrogen-bond acceptors (Lipinski definition) is 6. The molecule has 0 amide bonds. The molecular formula is C12H18F3N3O2S. The van der Waals surface area contributed by atoms with Crippen molar-refractivity contribution in [1.82, 2.24) is 15.5 Å². The summed E-state index contributed by atoms with van der Waals surface area (Å²) in [5.41, 5.74) is 0. The molecule has 2 heterocycles. The first-order valence-corrected chi connectivity index (χ1v) is 7.93. The Morgan fingerprint density at radius 2 is 2.24 bits per heavy atom. The fourth-order valence-electron chi connectivity index (χ4n) is 2.06. The predicted molar refractivity (Wildman–Crippen MR) is 72.2 cm³/mol. The number of halogens is 3. The van der Waals surface area contributed by atoms with Crippen molar-refractivity contribution in [2.75, 3.05) is 24.7 Å². The van der Waals surface area contributed by atoms with Gasteiger partial charge in [-0.15, -0.1) is 0 Å². The summed E-state index contributed by atoms with van der Waals surface area (Å²) in [5.74, 6) is 2.56. The van der Waals surface area contributed by atoms with Crippen LogP contribution in [-0.4, -0.2) is 47.0 Å². The molecule has 0 aliphatic carbocycles. The van der Waals surface area contributed by atoms with Crippen molar-refractivity contribution in [2.24, 2.45) is 0 Å². The van der Waals surface area contributed by atoms with Crippen LogP contribution in [0, 0.1) is 0 Å². The fourth-order valence-corrected chi connectivity index (χ4v) is 3.43. The fraction of sp³-hybridized carbons (Fsp3) is 0.833. The first-order chi connectivity index (χ1) is 9.99. The second kappa shape index (κ2) is 7.46. The molecule has 120 valence electrons. The summed E-state index contributed by atoms with van der Waals surface area (Å²) < 4.78 is 45.6. The van der Waals surface area contributed by atoms with Crippen LogP contribution >= 0.6 is 11.8 Å². The molecule has 0 aromatic carbocycles. The molecule has 0 spiro atoms. The summed E-state index contributed by atoms with van der Waals surface area (Å²) in [6.07, 6.45) is -3.31. The van der Waals surface area contributed by atoms with Gasteiger partial charge < -0.3 is 14.6 Å². The number of ether oxygens (including phenoxy) is 1. The van der Waals surface area contributed by atoms with E-state index in [1.54, 1.807) is 11.8 Å². The molecule has 21 heavy (non-hydrogen) atoms. The quantitative estimate of drug-likeness (QED) is 0.830. The average molecular weight is 325 g/mol. The third kappa shape index (κ3) is 5.15. The van der Waals surface area contributed by atoms with Crippen LogP contribution in [-0.2, 0) is 11.3 Å². The van der Waals surface area contributed by atoms with Gasteiger partial charge >= 0.3 is 6.18 Å². The molecule has 5 nitrogen and oxygen atoms in total. The van der Waals surface area contributed by atoms with Gasteiger partial charge in [-0.3, -0.25) is 0 Å². The van der Waals surface area contributed by atoms with E-state index in [4.69, 9.17) is 4.52 Å². The molecule has 1 N–H and O–H groups in total. The van der Waals surface area contributed by atoms with Gasteiger partial charge in [-0.25, -0.2) is 0 Å². The lowest BCUT2D eigenvalue weighted by molar-refractivity contribution is -0.177. The normalized spacial score (nSPS) is 22.9. The van der Waals surface area contributed by atoms with Crippen LogP contribution in [0.4, 0.5) is 13.2 Å². The van der Waals surface area contributed by atoms with Gasteiger partial charge in [0.1, 0.15) is 13.2 Å². The van der Waals surface area contributed by atoms with Gasteiger partial charge in [-0.1, -0.05) is 12.1 Å². The minimum Gasteiger partial charge on any atom is -0.364 e. The van der Waals surface area contributed by atoms with Crippen LogP contribution in [0.1, 0.15) is 31.0 Å². The van der Waals surface area contributed by atoms with Crippen molar-refractivity contribution >= 4 is 11.8 Å². The molecular weight excluding hydrogens is 307 g/mol. The zero-order chi connectivity index (χ0) is 15.3. The molecule has 1 aromatic rings. The van der Waals surface area contributed by atoms with Gasteiger partial charge in [0.05, 0.1) is 5.92 Å². The van der Waals surface area contributed by atoms with E-state index in [-0.39, 0.29) is 24.4 Å². The Hall–Kier alpha value is -0.800. The van der Waals surface area contributed by atoms with Crippen LogP contribution in [0.2, 0.25) is 0 Å². The maximum Gasteiger partial charge on any atom is 0.411 e. The van der Waals surface area contributed by atoms with E-state index < -0.39 is 12.8 Å². The third-order valence-corrected chi connectivity index (χ3v) is 4.22. The molecule has 1 aliphatic rings. The minimum atomic E-state index is -4.34. The lowest BCUT2D eigenvalue weighted by Crippen LogP contribution is -2.34. The van der Waals surface area contributed by atoms with Crippen molar-refractivity contribution in [1.29, 1.82) is 0 Å². The smallest absolute Gasteiger partial charge is 0.364 e. The number of thioether (sulfide) groups is 1. The molecule has 0 saturated carbocycles. The Bertz CT molecular complexity index is 442. The number of alkyl halides is 3. The molecule has 2 rings (SSSR count). The molecule has 1 saturated heterocycles. The Balaban J connectivity index is 1.87. The Kier molecular flexibility index (Phi) is 5.88. The molecule has 1 fully saturated rings. The van der Waals surface area contributed by atoms with Crippen LogP contribution in [0.25, 0.3) is 0 Å². The van der Waals surface area contributed by atoms with Crippen molar-refractivity contribution in [2.45, 2.75) is 38.1 Å². The lowest BCUT2D eigenvalue weighted by Gasteiger charge is -2.16. The van der Waals surface area contributed by atoms with E-state index in [9.17, 15) is 13.2 Å². The van der Waals surface area contributed by atoms with Gasteiger partial charge in [0.15, 0.2) is 5.82 Å². The number of rotatable bonds is 7. The van der Waals surface area contributed by atoms with E-state index in [1.807, 2.05) is 0 Å². The summed E-state index contributed by atoms with van der Waals surface area (Å²) >= 11 is 1.80. The molecule has 1 aromatic heterocycles. The van der Waals surface area contributed by atoms with Crippen molar-refractivity contribution in [3.05, 3.63) is 11.7 Å². The lowest BCUT2D eigenvalue weighted by atomic mass is 10.0. The standard InChI is InChI=1S/C12H18F3N3O2S/c1-2-3-16-9-6-21-5-8(9)11-17-10(18-20-11)4-19-7-12(13,14)15/h8-9,16H,2-7H2,1H3. The topological polar surface area (TPSA) is 60.2 Å². The highest BCUT2D eigenvalue weighted by Crippen LogP contribution is 2.32. The first kappa shape index (κ1) is 16.6. The van der Waals surface area contributed by atoms with E-state index in [0.29, 0.717) is 5.89 Å². The summed E-state index contributed by atoms with van der Waals surface area (Å²) in [6.45, 7) is 1.40. The minimum absolute atomic E-state index is 0.102. The Morgan fingerprint density at radius 1 is 1.43 bits per heavy atom. The number of hydrogen-bond donors (Lipinski definition) is 1. The van der Waals surface area contributed by atoms with Gasteiger partial charge in [-0.2, -0.15) is 29.9 Å². The van der Waals surface area contributed by atoms with Crippen molar-refractivity contribution < 1.29 is 22.4 Å². The third-order valence-electron chi connectivity index (χ3n) is 3.03. The maximum absolute atomic E-state index is 12.0. The van der Waals surface area contributed by atoms with Crippen LogP contribution in [0.5, 0.6) is 0 Å². The highest BCUT2D eigenvalue weighted by Gasteiger charge is 2.33. The van der Waals surface area contributed by atoms with Crippen molar-refractivity contribution in [3.63, 3.8) is 0 Å². The summed E-state index contributed by atoms with van der Waals surface area (Å²) in [5, 5.41) is 7.10. The molecule has 2 atom stereocenters. The monoisotopic (exact) mass is 325 g/mol. The summed E-state index contributed by atoms with van der Waals surface area (Å²) in [7, 11) is 0. The van der Waals surface area contributed by atoms with Gasteiger partial charge in [-0.05, 0) is 13.0 Å². The van der Waals surface area contributed by atoms with Gasteiger partial charge in [0.2, 0.25) is 5.89 Å². The largest absolute Gasteiger partial charge is 0.411 e. The van der Waals surface area contributed by atoms with Crippen LogP contribution in [0.3, 0.4) is 0 Å². The maximum atomic E-state index is 12.0. The summed E-state index contributed by atoms with van der Waals surface area (Å²) in [4.78, 5) is 4.15. The molecule has 0 radical (unpaired) electrons. The molecule has 1 aliphatic heterocycles. The first-order valence-electron chi connectivity index (χ1n) is 6.77. The highest BCUT2D eigenvalue weighted by molar-refractivity contribution is 7.99. The van der Waals surface area contributed by atoms with Crippen LogP contribution < -0.4 is 5.32 Å². The van der Waals surface area contributed by atoms with Gasteiger partial charge in [0.25, 0.3) is 0 Å². The Morgan fingerprint density at radius 3 is 2.95 bits per heavy atom. The second-order valence-corrected chi connectivity index (χ2v) is 5.94. The van der Waals surface area contributed by atoms with E-state index >= 15 is 0 Å². The predicted octanol–water partition coefficient (Wildman–Crippen LogP) is 2.35. The highest BCUT2D eigenvalue weighted by atomic mass is 32.2. The number of aromatic nitrogens is 2. The number of nitrogens with zero attached hydrogens (tertiary/aromatic N) is 2. The zero-order valence-electron chi connectivity index (χ0n) is 11.7. The molecule has 2 unspecified atom stereocenters. The second-order valence-electron chi connectivity index (χ2n) is 4.86. The van der Waals surface area contributed by atoms with Crippen LogP contribution in [0.15, 0.2) is 4.52 Å². The average Bonchev–Trinajstić information content (AvgIpc) is 3.02. The summed E-state index contributed by atoms with van der Waals surface area (Å²) in [6, 6.07) is 0.263. The van der Waals surface area contributed by atoms with E-state index in [2.05, 4.69) is 27.1 Å². The van der Waals surface area contributed by atoms with Crippen molar-refractivity contribution in [3.8, 4) is 0 Å². The van der Waals surface area contributed by atoms with Gasteiger partial charge in [0, 0.05) is 17.5 Å². The SMILES string of the molecule is CCCNC1CSCC1c1nc(COCC(F)(F)F)no1. The van der Waals surface area contributed by atoms with E-state index in [0.717, 1.165) is 24.5 Å².